The van der Waals surface area contributed by atoms with Crippen LogP contribution >= 0.6 is 0 Å². The molecule has 0 aromatic rings. The van der Waals surface area contributed by atoms with Crippen LogP contribution < -0.4 is 193 Å². The molecule has 0 bridgehead atoms. The van der Waals surface area contributed by atoms with Crippen molar-refractivity contribution in [3.63, 3.8) is 0 Å². The van der Waals surface area contributed by atoms with Crippen molar-refractivity contribution in [3.05, 3.63) is 0 Å². The molecule has 0 aliphatic rings. The van der Waals surface area contributed by atoms with E-state index in [9.17, 15) is 0 Å². The van der Waals surface area contributed by atoms with Gasteiger partial charge in [0.05, 0.1) is 0 Å². The van der Waals surface area contributed by atoms with E-state index in [0.29, 0.717) is 0 Å². The molecule has 0 aromatic carbocycles. The summed E-state index contributed by atoms with van der Waals surface area (Å²) >= 11 is 10.3. The maximum Gasteiger partial charge on any atom is 1.00 e. The smallest absolute Gasteiger partial charge is 0.764 e. The van der Waals surface area contributed by atoms with Gasteiger partial charge in [-0.15, -0.1) is 0 Å². The Kier molecular flexibility index (Phi) is 156. The second kappa shape index (κ2) is 49.5. The normalized spacial score (nSPS) is 4.00. The first kappa shape index (κ1) is 56.8. The average molecular weight is 366 g/mol. The van der Waals surface area contributed by atoms with E-state index in [4.69, 9.17) is 29.7 Å². The molecule has 6 nitrogen and oxygen atoms in total. The molecule has 15 heteroatoms. The molecule has 0 rings (SSSR count). The van der Waals surface area contributed by atoms with Crippen molar-refractivity contribution in [2.24, 2.45) is 0 Å². The summed E-state index contributed by atoms with van der Waals surface area (Å²) in [5.41, 5.74) is 0. The van der Waals surface area contributed by atoms with Crippen LogP contribution in [0.3, 0.4) is 0 Å². The van der Waals surface area contributed by atoms with Gasteiger partial charge < -0.3 is 67.6 Å². The molecule has 0 fully saturated rings. The van der Waals surface area contributed by atoms with E-state index < -0.39 is 15.9 Å². The van der Waals surface area contributed by atoms with Crippen LogP contribution in [-0.4, -0.2) is 15.9 Å². The Balaban J connectivity index is -0.00000000827. The largest absolute Gasteiger partial charge is 1.00 e. The number of carbonyl (C=O) groups is 3. The summed E-state index contributed by atoms with van der Waals surface area (Å²) in [5, 5.41) is 21.6. The first-order valence-corrected chi connectivity index (χ1v) is 3.06. The van der Waals surface area contributed by atoms with Crippen molar-refractivity contribution >= 4 is 53.8 Å². The Labute approximate surface area is 254 Å². The molecule has 0 aromatic heterocycles. The van der Waals surface area contributed by atoms with E-state index in [0.717, 1.165) is 0 Å². The summed E-state index contributed by atoms with van der Waals surface area (Å²) in [7, 11) is 0. The fourth-order valence-corrected chi connectivity index (χ4v) is 0. The van der Waals surface area contributed by atoms with Gasteiger partial charge in [-0.2, -0.15) is 0 Å². The van der Waals surface area contributed by atoms with Gasteiger partial charge in [0, 0.05) is 0 Å². The molecule has 0 spiro atoms. The zero-order chi connectivity index (χ0) is 10.7. The molecule has 18 heavy (non-hydrogen) atoms. The fraction of sp³-hybridized carbons (Fsp3) is 0. The third-order valence-corrected chi connectivity index (χ3v) is 0. The van der Waals surface area contributed by atoms with Crippen molar-refractivity contribution in [1.29, 1.82) is 0 Å². The van der Waals surface area contributed by atoms with Crippen LogP contribution in [-0.2, 0) is 37.9 Å². The van der Waals surface area contributed by atoms with Gasteiger partial charge in [0.25, 0.3) is 0 Å². The summed E-state index contributed by atoms with van der Waals surface area (Å²) in [6, 6.07) is 0. The minimum absolute atomic E-state index is 0. The van der Waals surface area contributed by atoms with E-state index >= 15 is 0 Å². The average Bonchev–Trinajstić information content (AvgIpc) is 1.54. The molecule has 0 atom stereocenters. The van der Waals surface area contributed by atoms with Crippen LogP contribution in [0.4, 0.5) is 14.4 Å². The molecule has 0 saturated heterocycles. The van der Waals surface area contributed by atoms with Gasteiger partial charge >= 0.3 is 177 Å². The second-order valence-corrected chi connectivity index (χ2v) is 1.75. The van der Waals surface area contributed by atoms with Gasteiger partial charge in [-0.25, -0.2) is 0 Å². The first-order valence-electron chi connectivity index (χ1n) is 1.84. The Hall–Kier alpha value is 5.07. The van der Waals surface area contributed by atoms with E-state index in [1.54, 1.807) is 0 Å². The Morgan fingerprint density at radius 1 is 0.500 bits per heavy atom. The maximum atomic E-state index is 8.70. The van der Waals surface area contributed by atoms with E-state index in [1.807, 2.05) is 0 Å². The predicted octanol–water partition coefficient (Wildman–Crippen LogP) is -21.3. The number of hydrogen-bond donors (Lipinski definition) is 0. The number of carboxylic acid groups (broad SMARTS) is 3. The van der Waals surface area contributed by atoms with Crippen LogP contribution in [0, 0.1) is 0 Å². The molecule has 0 amide bonds. The summed E-state index contributed by atoms with van der Waals surface area (Å²) in [6.07, 6.45) is 0. The van der Waals surface area contributed by atoms with Gasteiger partial charge in [-0.1, -0.05) is 15.9 Å². The quantitative estimate of drug-likeness (QED) is 0.304. The van der Waals surface area contributed by atoms with Crippen molar-refractivity contribution in [2.75, 3.05) is 0 Å². The number of hydrogen-bond acceptors (Lipinski definition) is 9. The standard InChI is InChI=1S/3CH2O2S.6Na/c3*2-1(3)4;;;;;;/h3*4H,(H,2,3);;;;;;/q;;;6*+1/p-6. The molecule has 0 aliphatic heterocycles. The summed E-state index contributed by atoms with van der Waals surface area (Å²) in [4.78, 5) is 26.1. The predicted molar refractivity (Wildman–Crippen MR) is 38.3 cm³/mol. The first-order chi connectivity index (χ1) is 5.20. The summed E-state index contributed by atoms with van der Waals surface area (Å²) in [6.45, 7) is 0. The number of rotatable bonds is 0. The summed E-state index contributed by atoms with van der Waals surface area (Å²) < 4.78 is 0. The van der Waals surface area contributed by atoms with Crippen molar-refractivity contribution < 1.29 is 207 Å². The molecule has 0 aliphatic carbocycles. The van der Waals surface area contributed by atoms with Crippen molar-refractivity contribution in [2.45, 2.75) is 0 Å². The Morgan fingerprint density at radius 3 is 0.500 bits per heavy atom. The van der Waals surface area contributed by atoms with Crippen molar-refractivity contribution in [1.82, 2.24) is 0 Å². The van der Waals surface area contributed by atoms with Gasteiger partial charge in [0.1, 0.15) is 0 Å². The summed E-state index contributed by atoms with van der Waals surface area (Å²) in [5.74, 6) is 0. The maximum absolute atomic E-state index is 8.70. The van der Waals surface area contributed by atoms with Gasteiger partial charge in [0.15, 0.2) is 0 Å². The van der Waals surface area contributed by atoms with Crippen LogP contribution in [0.2, 0.25) is 0 Å². The fourth-order valence-electron chi connectivity index (χ4n) is 0. The van der Waals surface area contributed by atoms with E-state index in [2.05, 4.69) is 37.9 Å². The minimum atomic E-state index is -1.50. The third kappa shape index (κ3) is 330. The molecule has 0 radical (unpaired) electrons. The third-order valence-electron chi connectivity index (χ3n) is 0. The molecule has 0 N–H and O–H groups in total. The molecule has 0 saturated carbocycles. The SMILES string of the molecule is O=C([O-])[S-].O=C([O-])[S-].O=C([O-])[S-].[Na+].[Na+].[Na+].[Na+].[Na+].[Na+]. The molecule has 72 valence electrons. The molecular weight excluding hydrogens is 366 g/mol. The van der Waals surface area contributed by atoms with Crippen LogP contribution in [0.25, 0.3) is 0 Å². The topological polar surface area (TPSA) is 120 Å². The zero-order valence-corrected chi connectivity index (χ0v) is 25.6. The van der Waals surface area contributed by atoms with E-state index in [-0.39, 0.29) is 177 Å². The van der Waals surface area contributed by atoms with E-state index in [1.165, 1.54) is 0 Å². The number of carbonyl (C=O) groups excluding carboxylic acids is 3. The van der Waals surface area contributed by atoms with Crippen LogP contribution in [0.5, 0.6) is 0 Å². The van der Waals surface area contributed by atoms with Crippen LogP contribution in [0.15, 0.2) is 0 Å². The monoisotopic (exact) mass is 366 g/mol. The zero-order valence-electron chi connectivity index (χ0n) is 11.2. The molecule has 0 unspecified atom stereocenters. The van der Waals surface area contributed by atoms with Crippen molar-refractivity contribution in [3.8, 4) is 0 Å². The minimum Gasteiger partial charge on any atom is -0.764 e. The molecule has 0 heterocycles. The van der Waals surface area contributed by atoms with Gasteiger partial charge in [-0.05, 0) is 0 Å². The van der Waals surface area contributed by atoms with Gasteiger partial charge in [-0.3, -0.25) is 0 Å². The second-order valence-electron chi connectivity index (χ2n) is 0.750. The Morgan fingerprint density at radius 2 is 0.500 bits per heavy atom. The molecular formula is C3Na6O6S3. The van der Waals surface area contributed by atoms with Gasteiger partial charge in [0.2, 0.25) is 0 Å². The Bertz CT molecular complexity index is 132. The van der Waals surface area contributed by atoms with Crippen LogP contribution in [0.1, 0.15) is 0 Å².